The fourth-order valence-corrected chi connectivity index (χ4v) is 2.69. The lowest BCUT2D eigenvalue weighted by Crippen LogP contribution is -2.42. The van der Waals surface area contributed by atoms with Gasteiger partial charge in [0, 0.05) is 31.2 Å². The van der Waals surface area contributed by atoms with Crippen LogP contribution in [0.2, 0.25) is 0 Å². The fraction of sp³-hybridized carbons (Fsp3) is 0.600. The first-order chi connectivity index (χ1) is 10.0. The molecule has 1 aliphatic heterocycles. The van der Waals surface area contributed by atoms with Crippen LogP contribution in [-0.2, 0) is 0 Å². The molecule has 1 fully saturated rings. The summed E-state index contributed by atoms with van der Waals surface area (Å²) in [5.41, 5.74) is 0.873. The highest BCUT2D eigenvalue weighted by Gasteiger charge is 2.22. The zero-order chi connectivity index (χ0) is 15.4. The first-order valence-corrected chi connectivity index (χ1v) is 7.34. The number of hydrogen-bond donors (Lipinski definition) is 1. The number of hydrogen-bond acceptors (Lipinski definition) is 5. The van der Waals surface area contributed by atoms with Crippen LogP contribution in [0.1, 0.15) is 26.7 Å². The quantitative estimate of drug-likeness (QED) is 0.668. The van der Waals surface area contributed by atoms with Gasteiger partial charge in [-0.05, 0) is 32.8 Å². The highest BCUT2D eigenvalue weighted by atomic mass is 16.6. The minimum absolute atomic E-state index is 0.0482. The summed E-state index contributed by atoms with van der Waals surface area (Å²) in [6.07, 6.45) is 2.14. The molecule has 1 N–H and O–H groups in total. The third-order valence-electron chi connectivity index (χ3n) is 4.02. The molecule has 116 valence electrons. The van der Waals surface area contributed by atoms with E-state index in [2.05, 4.69) is 24.1 Å². The molecule has 0 amide bonds. The highest BCUT2D eigenvalue weighted by molar-refractivity contribution is 5.61. The maximum atomic E-state index is 10.8. The van der Waals surface area contributed by atoms with E-state index in [1.165, 1.54) is 19.2 Å². The average molecular weight is 293 g/mol. The van der Waals surface area contributed by atoms with Gasteiger partial charge in [-0.25, -0.2) is 0 Å². The molecule has 6 nitrogen and oxygen atoms in total. The molecule has 0 aromatic heterocycles. The lowest BCUT2D eigenvalue weighted by atomic mass is 10.0. The zero-order valence-electron chi connectivity index (χ0n) is 12.8. The molecule has 0 radical (unpaired) electrons. The van der Waals surface area contributed by atoms with Gasteiger partial charge >= 0.3 is 0 Å². The molecule has 0 bridgehead atoms. The number of nitro benzene ring substituents is 1. The number of likely N-dealkylation sites (tertiary alicyclic amines) is 1. The summed E-state index contributed by atoms with van der Waals surface area (Å²) in [6, 6.07) is 5.67. The SMILES string of the molecule is COc1cc([N+](=O)[O-])ccc1NC1CCN(C(C)C)CC1. The Hall–Kier alpha value is -1.82. The predicted octanol–water partition coefficient (Wildman–Crippen LogP) is 2.89. The van der Waals surface area contributed by atoms with Gasteiger partial charge in [0.1, 0.15) is 5.75 Å². The second-order valence-electron chi connectivity index (χ2n) is 5.69. The molecule has 1 saturated heterocycles. The third-order valence-corrected chi connectivity index (χ3v) is 4.02. The molecule has 1 aromatic carbocycles. The van der Waals surface area contributed by atoms with Gasteiger partial charge in [-0.3, -0.25) is 10.1 Å². The van der Waals surface area contributed by atoms with Gasteiger partial charge in [-0.1, -0.05) is 0 Å². The van der Waals surface area contributed by atoms with E-state index in [1.54, 1.807) is 6.07 Å². The molecular formula is C15H23N3O3. The van der Waals surface area contributed by atoms with E-state index in [0.717, 1.165) is 31.6 Å². The monoisotopic (exact) mass is 293 g/mol. The second-order valence-corrected chi connectivity index (χ2v) is 5.69. The van der Waals surface area contributed by atoms with Crippen molar-refractivity contribution < 1.29 is 9.66 Å². The minimum Gasteiger partial charge on any atom is -0.494 e. The van der Waals surface area contributed by atoms with E-state index >= 15 is 0 Å². The number of piperidine rings is 1. The summed E-state index contributed by atoms with van der Waals surface area (Å²) in [6.45, 7) is 6.58. The maximum absolute atomic E-state index is 10.8. The molecule has 0 spiro atoms. The Morgan fingerprint density at radius 1 is 1.38 bits per heavy atom. The molecule has 1 heterocycles. The average Bonchev–Trinajstić information content (AvgIpc) is 2.48. The highest BCUT2D eigenvalue weighted by Crippen LogP contribution is 2.30. The lowest BCUT2D eigenvalue weighted by molar-refractivity contribution is -0.384. The molecule has 6 heteroatoms. The standard InChI is InChI=1S/C15H23N3O3/c1-11(2)17-8-6-12(7-9-17)16-14-5-4-13(18(19)20)10-15(14)21-3/h4-5,10-12,16H,6-9H2,1-3H3. The summed E-state index contributed by atoms with van der Waals surface area (Å²) in [7, 11) is 1.53. The Labute approximate surface area is 125 Å². The topological polar surface area (TPSA) is 67.6 Å². The first kappa shape index (κ1) is 15.6. The summed E-state index contributed by atoms with van der Waals surface area (Å²) in [4.78, 5) is 12.8. The van der Waals surface area contributed by atoms with Gasteiger partial charge in [0.2, 0.25) is 0 Å². The summed E-state index contributed by atoms with van der Waals surface area (Å²) >= 11 is 0. The third kappa shape index (κ3) is 3.85. The van der Waals surface area contributed by atoms with Crippen molar-refractivity contribution in [3.8, 4) is 5.75 Å². The van der Waals surface area contributed by atoms with Gasteiger partial charge in [-0.2, -0.15) is 0 Å². The number of nitrogens with zero attached hydrogens (tertiary/aromatic N) is 2. The van der Waals surface area contributed by atoms with Crippen LogP contribution >= 0.6 is 0 Å². The number of non-ortho nitro benzene ring substituents is 1. The normalized spacial score (nSPS) is 17.0. The molecule has 0 saturated carbocycles. The van der Waals surface area contributed by atoms with Gasteiger partial charge < -0.3 is 15.0 Å². The van der Waals surface area contributed by atoms with Gasteiger partial charge in [-0.15, -0.1) is 0 Å². The fourth-order valence-electron chi connectivity index (χ4n) is 2.69. The van der Waals surface area contributed by atoms with E-state index in [-0.39, 0.29) is 5.69 Å². The number of nitrogens with one attached hydrogen (secondary N) is 1. The Bertz CT molecular complexity index is 497. The van der Waals surface area contributed by atoms with Crippen molar-refractivity contribution in [1.29, 1.82) is 0 Å². The van der Waals surface area contributed by atoms with Crippen molar-refractivity contribution in [3.05, 3.63) is 28.3 Å². The van der Waals surface area contributed by atoms with Crippen molar-refractivity contribution >= 4 is 11.4 Å². The van der Waals surface area contributed by atoms with Crippen molar-refractivity contribution in [2.45, 2.75) is 38.8 Å². The van der Waals surface area contributed by atoms with Gasteiger partial charge in [0.15, 0.2) is 0 Å². The van der Waals surface area contributed by atoms with E-state index in [4.69, 9.17) is 4.74 Å². The van der Waals surface area contributed by atoms with Crippen LogP contribution in [0.15, 0.2) is 18.2 Å². The number of ether oxygens (including phenoxy) is 1. The predicted molar refractivity (Wildman–Crippen MR) is 83.0 cm³/mol. The van der Waals surface area contributed by atoms with Crippen molar-refractivity contribution in [2.24, 2.45) is 0 Å². The summed E-state index contributed by atoms with van der Waals surface area (Å²) in [5, 5.41) is 14.2. The second kappa shape index (κ2) is 6.76. The van der Waals surface area contributed by atoms with Crippen molar-refractivity contribution in [1.82, 2.24) is 4.90 Å². The van der Waals surface area contributed by atoms with Crippen LogP contribution in [-0.4, -0.2) is 42.1 Å². The van der Waals surface area contributed by atoms with Crippen LogP contribution in [0, 0.1) is 10.1 Å². The van der Waals surface area contributed by atoms with Crippen LogP contribution in [0.25, 0.3) is 0 Å². The first-order valence-electron chi connectivity index (χ1n) is 7.34. The number of anilines is 1. The molecule has 0 aliphatic carbocycles. The summed E-state index contributed by atoms with van der Waals surface area (Å²) in [5.74, 6) is 0.524. The number of benzene rings is 1. The van der Waals surface area contributed by atoms with E-state index < -0.39 is 4.92 Å². The molecule has 1 aliphatic rings. The van der Waals surface area contributed by atoms with Crippen LogP contribution in [0.4, 0.5) is 11.4 Å². The number of nitro groups is 1. The minimum atomic E-state index is -0.409. The lowest BCUT2D eigenvalue weighted by Gasteiger charge is -2.35. The van der Waals surface area contributed by atoms with E-state index in [9.17, 15) is 10.1 Å². The molecule has 2 rings (SSSR count). The van der Waals surface area contributed by atoms with E-state index in [1.807, 2.05) is 0 Å². The smallest absolute Gasteiger partial charge is 0.273 e. The van der Waals surface area contributed by atoms with Crippen LogP contribution in [0.5, 0.6) is 5.75 Å². The maximum Gasteiger partial charge on any atom is 0.273 e. The van der Waals surface area contributed by atoms with Crippen LogP contribution in [0.3, 0.4) is 0 Å². The van der Waals surface area contributed by atoms with Crippen molar-refractivity contribution in [3.63, 3.8) is 0 Å². The van der Waals surface area contributed by atoms with Crippen LogP contribution < -0.4 is 10.1 Å². The number of rotatable bonds is 5. The Kier molecular flexibility index (Phi) is 5.01. The zero-order valence-corrected chi connectivity index (χ0v) is 12.8. The molecule has 0 atom stereocenters. The Balaban J connectivity index is 2.02. The molecule has 0 unspecified atom stereocenters. The molecule has 1 aromatic rings. The van der Waals surface area contributed by atoms with Gasteiger partial charge in [0.05, 0.1) is 23.8 Å². The van der Waals surface area contributed by atoms with E-state index in [0.29, 0.717) is 17.8 Å². The Morgan fingerprint density at radius 2 is 2.05 bits per heavy atom. The van der Waals surface area contributed by atoms with Gasteiger partial charge in [0.25, 0.3) is 5.69 Å². The number of methoxy groups -OCH3 is 1. The summed E-state index contributed by atoms with van der Waals surface area (Å²) < 4.78 is 5.26. The Morgan fingerprint density at radius 3 is 2.57 bits per heavy atom. The molecular weight excluding hydrogens is 270 g/mol. The largest absolute Gasteiger partial charge is 0.494 e. The van der Waals surface area contributed by atoms with Crippen molar-refractivity contribution in [2.75, 3.05) is 25.5 Å². The molecule has 21 heavy (non-hydrogen) atoms.